The molecule has 1 heterocycles. The van der Waals surface area contributed by atoms with Crippen LogP contribution in [0.5, 0.6) is 0 Å². The van der Waals surface area contributed by atoms with Gasteiger partial charge in [-0.2, -0.15) is 22.0 Å². The van der Waals surface area contributed by atoms with Crippen molar-refractivity contribution in [2.75, 3.05) is 25.1 Å². The van der Waals surface area contributed by atoms with Gasteiger partial charge in [-0.15, -0.1) is 0 Å². The van der Waals surface area contributed by atoms with Crippen molar-refractivity contribution in [1.29, 1.82) is 0 Å². The third kappa shape index (κ3) is 6.64. The van der Waals surface area contributed by atoms with Gasteiger partial charge in [-0.3, -0.25) is 9.79 Å². The summed E-state index contributed by atoms with van der Waals surface area (Å²) >= 11 is 0. The number of alkyl halides is 5. The molecule has 0 bridgehead atoms. The smallest absolute Gasteiger partial charge is 0.386 e. The van der Waals surface area contributed by atoms with Crippen molar-refractivity contribution in [2.24, 2.45) is 10.7 Å². The lowest BCUT2D eigenvalue weighted by Gasteiger charge is -2.18. The highest BCUT2D eigenvalue weighted by molar-refractivity contribution is 6.02. The van der Waals surface area contributed by atoms with Crippen molar-refractivity contribution < 1.29 is 35.9 Å². The van der Waals surface area contributed by atoms with E-state index in [1.54, 1.807) is 6.92 Å². The maximum Gasteiger partial charge on any atom is 0.434 e. The van der Waals surface area contributed by atoms with E-state index in [1.807, 2.05) is 0 Å². The Hall–Kier alpha value is -3.22. The Morgan fingerprint density at radius 1 is 1.19 bits per heavy atom. The molecule has 3 N–H and O–H groups in total. The fourth-order valence-corrected chi connectivity index (χ4v) is 2.28. The lowest BCUT2D eigenvalue weighted by atomic mass is 10.1. The van der Waals surface area contributed by atoms with Gasteiger partial charge in [-0.25, -0.2) is 14.4 Å². The molecule has 0 atom stereocenters. The van der Waals surface area contributed by atoms with Crippen LogP contribution in [0, 0.1) is 5.82 Å². The number of ether oxygens (including phenoxy) is 1. The minimum absolute atomic E-state index is 0.00237. The molecular formula is C18H17F6N5O2. The van der Waals surface area contributed by atoms with Crippen LogP contribution in [-0.2, 0) is 16.8 Å². The summed E-state index contributed by atoms with van der Waals surface area (Å²) < 4.78 is 85.0. The molecule has 2 aromatic rings. The Morgan fingerprint density at radius 2 is 1.90 bits per heavy atom. The number of nitrogens with zero attached hydrogens (tertiary/aromatic N) is 3. The van der Waals surface area contributed by atoms with E-state index in [0.717, 1.165) is 6.07 Å². The first-order valence-corrected chi connectivity index (χ1v) is 8.69. The number of amidine groups is 1. The fourth-order valence-electron chi connectivity index (χ4n) is 2.28. The number of benzene rings is 1. The van der Waals surface area contributed by atoms with E-state index in [4.69, 9.17) is 10.5 Å². The van der Waals surface area contributed by atoms with Crippen LogP contribution in [-0.4, -0.2) is 41.5 Å². The number of hydrogen-bond acceptors (Lipinski definition) is 5. The third-order valence-electron chi connectivity index (χ3n) is 3.69. The van der Waals surface area contributed by atoms with E-state index >= 15 is 0 Å². The second-order valence-corrected chi connectivity index (χ2v) is 6.10. The van der Waals surface area contributed by atoms with Gasteiger partial charge in [0.2, 0.25) is 0 Å². The first kappa shape index (κ1) is 24.1. The minimum atomic E-state index is -4.74. The highest BCUT2D eigenvalue weighted by atomic mass is 19.4. The number of anilines is 1. The normalized spacial score (nSPS) is 12.7. The van der Waals surface area contributed by atoms with Crippen molar-refractivity contribution in [3.8, 4) is 0 Å². The van der Waals surface area contributed by atoms with E-state index in [0.29, 0.717) is 31.1 Å². The summed E-state index contributed by atoms with van der Waals surface area (Å²) in [7, 11) is 0. The lowest BCUT2D eigenvalue weighted by Crippen LogP contribution is -2.27. The van der Waals surface area contributed by atoms with E-state index in [1.165, 1.54) is 0 Å². The molecule has 0 unspecified atom stereocenters. The van der Waals surface area contributed by atoms with Crippen LogP contribution in [0.2, 0.25) is 0 Å². The predicted molar refractivity (Wildman–Crippen MR) is 98.3 cm³/mol. The van der Waals surface area contributed by atoms with Crippen LogP contribution in [0.4, 0.5) is 32.0 Å². The SMILES string of the molecule is CCN=C(N)COCC(F)(F)c1cc(NC(=O)c2cnc(C(F)(F)F)cn2)ccc1F. The summed E-state index contributed by atoms with van der Waals surface area (Å²) in [5.74, 6) is -6.05. The number of hydrogen-bond donors (Lipinski definition) is 2. The molecule has 1 aromatic heterocycles. The third-order valence-corrected chi connectivity index (χ3v) is 3.69. The molecule has 0 radical (unpaired) electrons. The van der Waals surface area contributed by atoms with Crippen LogP contribution < -0.4 is 11.1 Å². The maximum atomic E-state index is 14.4. The molecule has 0 aliphatic heterocycles. The summed E-state index contributed by atoms with van der Waals surface area (Å²) in [5, 5.41) is 2.14. The Kier molecular flexibility index (Phi) is 7.55. The average molecular weight is 449 g/mol. The second-order valence-electron chi connectivity index (χ2n) is 6.10. The van der Waals surface area contributed by atoms with Crippen LogP contribution in [0.25, 0.3) is 0 Å². The largest absolute Gasteiger partial charge is 0.434 e. The van der Waals surface area contributed by atoms with Crippen LogP contribution in [0.3, 0.4) is 0 Å². The molecule has 31 heavy (non-hydrogen) atoms. The topological polar surface area (TPSA) is 102 Å². The summed E-state index contributed by atoms with van der Waals surface area (Å²) in [6, 6.07) is 2.37. The molecular weight excluding hydrogens is 432 g/mol. The first-order valence-electron chi connectivity index (χ1n) is 8.69. The van der Waals surface area contributed by atoms with Gasteiger partial charge < -0.3 is 15.8 Å². The molecule has 0 spiro atoms. The van der Waals surface area contributed by atoms with Gasteiger partial charge in [-0.1, -0.05) is 0 Å². The highest BCUT2D eigenvalue weighted by Gasteiger charge is 2.36. The molecule has 1 aromatic carbocycles. The number of aliphatic imine (C=N–C) groups is 1. The van der Waals surface area contributed by atoms with Gasteiger partial charge in [0.05, 0.1) is 18.0 Å². The zero-order valence-corrected chi connectivity index (χ0v) is 16.0. The minimum Gasteiger partial charge on any atom is -0.386 e. The van der Waals surface area contributed by atoms with Crippen molar-refractivity contribution in [3.05, 3.63) is 53.4 Å². The fraction of sp³-hybridized carbons (Fsp3) is 0.333. The Morgan fingerprint density at radius 3 is 2.48 bits per heavy atom. The lowest BCUT2D eigenvalue weighted by molar-refractivity contribution is -0.141. The number of aromatic nitrogens is 2. The van der Waals surface area contributed by atoms with Crippen molar-refractivity contribution in [2.45, 2.75) is 19.0 Å². The van der Waals surface area contributed by atoms with E-state index in [2.05, 4.69) is 20.3 Å². The highest BCUT2D eigenvalue weighted by Crippen LogP contribution is 2.32. The molecule has 2 rings (SSSR count). The maximum absolute atomic E-state index is 14.4. The van der Waals surface area contributed by atoms with Crippen molar-refractivity contribution in [1.82, 2.24) is 9.97 Å². The number of halogens is 6. The molecule has 0 aliphatic rings. The van der Waals surface area contributed by atoms with Crippen LogP contribution in [0.15, 0.2) is 35.6 Å². The summed E-state index contributed by atoms with van der Waals surface area (Å²) in [4.78, 5) is 22.3. The predicted octanol–water partition coefficient (Wildman–Crippen LogP) is 3.37. The van der Waals surface area contributed by atoms with Gasteiger partial charge in [0, 0.05) is 12.2 Å². The molecule has 0 aliphatic carbocycles. The molecule has 13 heteroatoms. The Balaban J connectivity index is 2.12. The number of carbonyl (C=O) groups is 1. The van der Waals surface area contributed by atoms with Gasteiger partial charge in [0.15, 0.2) is 5.69 Å². The quantitative estimate of drug-likeness (QED) is 0.366. The van der Waals surface area contributed by atoms with Crippen molar-refractivity contribution in [3.63, 3.8) is 0 Å². The molecule has 0 fully saturated rings. The number of carbonyl (C=O) groups excluding carboxylic acids is 1. The number of nitrogens with one attached hydrogen (secondary N) is 1. The molecule has 0 saturated heterocycles. The summed E-state index contributed by atoms with van der Waals surface area (Å²) in [6.45, 7) is 0.442. The number of nitrogens with two attached hydrogens (primary N) is 1. The van der Waals surface area contributed by atoms with Crippen LogP contribution in [0.1, 0.15) is 28.7 Å². The number of amides is 1. The Bertz CT molecular complexity index is 947. The Labute approximate surface area is 172 Å². The van der Waals surface area contributed by atoms with Gasteiger partial charge >= 0.3 is 6.18 Å². The zero-order valence-electron chi connectivity index (χ0n) is 16.0. The van der Waals surface area contributed by atoms with E-state index in [9.17, 15) is 31.1 Å². The van der Waals surface area contributed by atoms with Gasteiger partial charge in [-0.05, 0) is 25.1 Å². The van der Waals surface area contributed by atoms with E-state index < -0.39 is 47.4 Å². The van der Waals surface area contributed by atoms with Crippen molar-refractivity contribution >= 4 is 17.4 Å². The van der Waals surface area contributed by atoms with E-state index in [-0.39, 0.29) is 18.1 Å². The van der Waals surface area contributed by atoms with Gasteiger partial charge in [0.1, 0.15) is 30.6 Å². The number of rotatable bonds is 8. The monoisotopic (exact) mass is 449 g/mol. The molecule has 7 nitrogen and oxygen atoms in total. The molecule has 168 valence electrons. The first-order chi connectivity index (χ1) is 14.4. The zero-order chi connectivity index (χ0) is 23.2. The average Bonchev–Trinajstić information content (AvgIpc) is 2.68. The van der Waals surface area contributed by atoms with Crippen LogP contribution >= 0.6 is 0 Å². The summed E-state index contributed by atoms with van der Waals surface area (Å²) in [6.07, 6.45) is -3.81. The standard InChI is InChI=1S/C18H17F6N5O2/c1-2-26-15(25)8-31-9-17(20,21)11-5-10(3-4-12(11)19)29-16(30)13-6-28-14(7-27-13)18(22,23)24/h3-7H,2,8-9H2,1H3,(H2,25,26)(H,29,30). The second kappa shape index (κ2) is 9.73. The molecule has 0 saturated carbocycles. The summed E-state index contributed by atoms with van der Waals surface area (Å²) in [5.41, 5.74) is 2.33. The van der Waals surface area contributed by atoms with Gasteiger partial charge in [0.25, 0.3) is 11.8 Å². The molecule has 1 amide bonds.